The first-order valence-corrected chi connectivity index (χ1v) is 9.46. The average molecular weight is 346 g/mol. The van der Waals surface area contributed by atoms with Crippen LogP contribution in [0.3, 0.4) is 0 Å². The van der Waals surface area contributed by atoms with Gasteiger partial charge in [-0.25, -0.2) is 0 Å². The van der Waals surface area contributed by atoms with Crippen LogP contribution in [-0.4, -0.2) is 49.3 Å². The van der Waals surface area contributed by atoms with E-state index in [1.807, 2.05) is 23.1 Å². The standard InChI is InChI=1S/C20H30N2O3/c1-3-4-8-19(23)22-11-9-20(10-12-22)14-17(15-25-20)21-16-6-5-7-18(13-16)24-2/h5-7,13,17,21H,3-4,8-12,14-15H2,1-2H3/t17-/m1/s1. The van der Waals surface area contributed by atoms with E-state index in [4.69, 9.17) is 9.47 Å². The summed E-state index contributed by atoms with van der Waals surface area (Å²) in [6, 6.07) is 8.33. The summed E-state index contributed by atoms with van der Waals surface area (Å²) in [7, 11) is 1.68. The van der Waals surface area contributed by atoms with Crippen LogP contribution in [0.4, 0.5) is 5.69 Å². The first-order valence-electron chi connectivity index (χ1n) is 9.46. The van der Waals surface area contributed by atoms with E-state index in [2.05, 4.69) is 18.3 Å². The van der Waals surface area contributed by atoms with E-state index >= 15 is 0 Å². The van der Waals surface area contributed by atoms with E-state index in [1.165, 1.54) is 0 Å². The lowest BCUT2D eigenvalue weighted by Crippen LogP contribution is -2.46. The summed E-state index contributed by atoms with van der Waals surface area (Å²) in [5, 5.41) is 3.56. The number of hydrogen-bond acceptors (Lipinski definition) is 4. The number of unbranched alkanes of at least 4 members (excludes halogenated alkanes) is 1. The second-order valence-electron chi connectivity index (χ2n) is 7.26. The summed E-state index contributed by atoms with van der Waals surface area (Å²) in [6.45, 7) is 4.50. The largest absolute Gasteiger partial charge is 0.497 e. The zero-order valence-electron chi connectivity index (χ0n) is 15.4. The molecule has 25 heavy (non-hydrogen) atoms. The van der Waals surface area contributed by atoms with Gasteiger partial charge in [-0.2, -0.15) is 0 Å². The number of amides is 1. The first kappa shape index (κ1) is 18.1. The topological polar surface area (TPSA) is 50.8 Å². The highest BCUT2D eigenvalue weighted by Gasteiger charge is 2.43. The predicted octanol–water partition coefficient (Wildman–Crippen LogP) is 3.45. The normalized spacial score (nSPS) is 22.2. The number of methoxy groups -OCH3 is 1. The van der Waals surface area contributed by atoms with Crippen LogP contribution in [0, 0.1) is 0 Å². The van der Waals surface area contributed by atoms with Crippen LogP contribution in [0.1, 0.15) is 45.4 Å². The third kappa shape index (κ3) is 4.46. The van der Waals surface area contributed by atoms with Crippen molar-refractivity contribution in [2.75, 3.05) is 32.1 Å². The maximum absolute atomic E-state index is 12.2. The maximum Gasteiger partial charge on any atom is 0.222 e. The molecule has 0 radical (unpaired) electrons. The van der Waals surface area contributed by atoms with Gasteiger partial charge < -0.3 is 19.7 Å². The van der Waals surface area contributed by atoms with Crippen LogP contribution in [0.25, 0.3) is 0 Å². The number of rotatable bonds is 6. The van der Waals surface area contributed by atoms with E-state index in [-0.39, 0.29) is 5.60 Å². The van der Waals surface area contributed by atoms with Crippen LogP contribution < -0.4 is 10.1 Å². The molecule has 138 valence electrons. The molecule has 1 atom stereocenters. The third-order valence-corrected chi connectivity index (χ3v) is 5.42. The summed E-state index contributed by atoms with van der Waals surface area (Å²) in [5.74, 6) is 1.17. The number of piperidine rings is 1. The van der Waals surface area contributed by atoms with Gasteiger partial charge >= 0.3 is 0 Å². The second kappa shape index (κ2) is 8.09. The molecule has 1 spiro atoms. The number of hydrogen-bond donors (Lipinski definition) is 1. The molecule has 2 heterocycles. The first-order chi connectivity index (χ1) is 12.1. The van der Waals surface area contributed by atoms with Crippen molar-refractivity contribution < 1.29 is 14.3 Å². The fourth-order valence-electron chi connectivity index (χ4n) is 3.88. The van der Waals surface area contributed by atoms with Gasteiger partial charge in [0.2, 0.25) is 5.91 Å². The average Bonchev–Trinajstić information content (AvgIpc) is 3.02. The van der Waals surface area contributed by atoms with E-state index in [1.54, 1.807) is 7.11 Å². The summed E-state index contributed by atoms with van der Waals surface area (Å²) >= 11 is 0. The Balaban J connectivity index is 1.50. The zero-order chi connectivity index (χ0) is 17.7. The Kier molecular flexibility index (Phi) is 5.84. The smallest absolute Gasteiger partial charge is 0.222 e. The molecule has 0 unspecified atom stereocenters. The Morgan fingerprint density at radius 2 is 2.20 bits per heavy atom. The molecule has 2 aliphatic rings. The fraction of sp³-hybridized carbons (Fsp3) is 0.650. The van der Waals surface area contributed by atoms with Crippen molar-refractivity contribution in [3.63, 3.8) is 0 Å². The van der Waals surface area contributed by atoms with E-state index in [0.29, 0.717) is 18.4 Å². The van der Waals surface area contributed by atoms with Crippen molar-refractivity contribution in [1.82, 2.24) is 4.90 Å². The minimum absolute atomic E-state index is 0.0575. The molecule has 2 fully saturated rings. The molecule has 0 aliphatic carbocycles. The number of nitrogens with zero attached hydrogens (tertiary/aromatic N) is 1. The molecule has 1 aromatic rings. The second-order valence-corrected chi connectivity index (χ2v) is 7.26. The molecule has 1 aromatic carbocycles. The SMILES string of the molecule is CCCCC(=O)N1CCC2(CC1)C[C@@H](Nc1cccc(OC)c1)CO2. The molecule has 1 N–H and O–H groups in total. The lowest BCUT2D eigenvalue weighted by Gasteiger charge is -2.38. The van der Waals surface area contributed by atoms with Crippen molar-refractivity contribution in [3.05, 3.63) is 24.3 Å². The van der Waals surface area contributed by atoms with Gasteiger partial charge in [-0.3, -0.25) is 4.79 Å². The predicted molar refractivity (Wildman–Crippen MR) is 99.0 cm³/mol. The van der Waals surface area contributed by atoms with Crippen molar-refractivity contribution >= 4 is 11.6 Å². The molecule has 2 aliphatic heterocycles. The molecule has 0 bridgehead atoms. The third-order valence-electron chi connectivity index (χ3n) is 5.42. The monoisotopic (exact) mass is 346 g/mol. The summed E-state index contributed by atoms with van der Waals surface area (Å²) in [6.07, 6.45) is 5.64. The number of likely N-dealkylation sites (tertiary alicyclic amines) is 1. The lowest BCUT2D eigenvalue weighted by atomic mass is 9.87. The summed E-state index contributed by atoms with van der Waals surface area (Å²) in [5.41, 5.74) is 1.01. The molecule has 1 amide bonds. The Hall–Kier alpha value is -1.75. The van der Waals surface area contributed by atoms with Crippen LogP contribution in [0.2, 0.25) is 0 Å². The Bertz CT molecular complexity index is 582. The number of nitrogens with one attached hydrogen (secondary N) is 1. The highest BCUT2D eigenvalue weighted by Crippen LogP contribution is 2.37. The van der Waals surface area contributed by atoms with E-state index < -0.39 is 0 Å². The van der Waals surface area contributed by atoms with Crippen LogP contribution >= 0.6 is 0 Å². The van der Waals surface area contributed by atoms with Crippen LogP contribution in [0.15, 0.2) is 24.3 Å². The molecule has 2 saturated heterocycles. The molecule has 0 saturated carbocycles. The zero-order valence-corrected chi connectivity index (χ0v) is 15.4. The molecule has 5 nitrogen and oxygen atoms in total. The van der Waals surface area contributed by atoms with Gasteiger partial charge in [0.15, 0.2) is 0 Å². The van der Waals surface area contributed by atoms with Gasteiger partial charge in [-0.1, -0.05) is 19.4 Å². The Morgan fingerprint density at radius 3 is 2.92 bits per heavy atom. The quantitative estimate of drug-likeness (QED) is 0.857. The highest BCUT2D eigenvalue weighted by atomic mass is 16.5. The highest BCUT2D eigenvalue weighted by molar-refractivity contribution is 5.76. The number of ether oxygens (including phenoxy) is 2. The number of anilines is 1. The molecule has 5 heteroatoms. The molecule has 3 rings (SSSR count). The number of carbonyl (C=O) groups excluding carboxylic acids is 1. The lowest BCUT2D eigenvalue weighted by molar-refractivity contribution is -0.136. The van der Waals surface area contributed by atoms with Crippen LogP contribution in [0.5, 0.6) is 5.75 Å². The van der Waals surface area contributed by atoms with Crippen molar-refractivity contribution in [3.8, 4) is 5.75 Å². The Labute approximate surface area is 150 Å². The number of benzene rings is 1. The van der Waals surface area contributed by atoms with Crippen molar-refractivity contribution in [2.45, 2.75) is 57.1 Å². The van der Waals surface area contributed by atoms with Crippen LogP contribution in [-0.2, 0) is 9.53 Å². The van der Waals surface area contributed by atoms with Crippen molar-refractivity contribution in [2.24, 2.45) is 0 Å². The van der Waals surface area contributed by atoms with Gasteiger partial charge in [-0.05, 0) is 37.8 Å². The van der Waals surface area contributed by atoms with Gasteiger partial charge in [0, 0.05) is 31.3 Å². The Morgan fingerprint density at radius 1 is 1.40 bits per heavy atom. The minimum Gasteiger partial charge on any atom is -0.497 e. The summed E-state index contributed by atoms with van der Waals surface area (Å²) in [4.78, 5) is 14.2. The maximum atomic E-state index is 12.2. The van der Waals surface area contributed by atoms with Gasteiger partial charge in [0.25, 0.3) is 0 Å². The molecular formula is C20H30N2O3. The fourth-order valence-corrected chi connectivity index (χ4v) is 3.88. The van der Waals surface area contributed by atoms with Gasteiger partial charge in [0.1, 0.15) is 5.75 Å². The molecular weight excluding hydrogens is 316 g/mol. The number of carbonyl (C=O) groups is 1. The minimum atomic E-state index is -0.0575. The molecule has 0 aromatic heterocycles. The van der Waals surface area contributed by atoms with E-state index in [9.17, 15) is 4.79 Å². The van der Waals surface area contributed by atoms with Crippen molar-refractivity contribution in [1.29, 1.82) is 0 Å². The van der Waals surface area contributed by atoms with Gasteiger partial charge in [-0.15, -0.1) is 0 Å². The summed E-state index contributed by atoms with van der Waals surface area (Å²) < 4.78 is 11.5. The van der Waals surface area contributed by atoms with E-state index in [0.717, 1.165) is 63.2 Å². The van der Waals surface area contributed by atoms with Gasteiger partial charge in [0.05, 0.1) is 25.4 Å².